The molecule has 2 aromatic rings. The zero-order valence-electron chi connectivity index (χ0n) is 14.5. The average molecular weight is 425 g/mol. The van der Waals surface area contributed by atoms with E-state index in [-0.39, 0.29) is 21.3 Å². The molecule has 2 aromatic carbocycles. The summed E-state index contributed by atoms with van der Waals surface area (Å²) in [4.78, 5) is 0.467. The molecule has 1 aliphatic heterocycles. The summed E-state index contributed by atoms with van der Waals surface area (Å²) in [5, 5.41) is 0. The summed E-state index contributed by atoms with van der Waals surface area (Å²) in [5.74, 6) is 0.517. The van der Waals surface area contributed by atoms with Gasteiger partial charge in [-0.2, -0.15) is 0 Å². The predicted octanol–water partition coefficient (Wildman–Crippen LogP) is 4.36. The van der Waals surface area contributed by atoms with E-state index in [2.05, 4.69) is 36.7 Å². The monoisotopic (exact) mass is 424 g/mol. The van der Waals surface area contributed by atoms with E-state index in [1.165, 1.54) is 0 Å². The van der Waals surface area contributed by atoms with Crippen molar-refractivity contribution in [2.45, 2.75) is 42.1 Å². The maximum absolute atomic E-state index is 13.0. The lowest BCUT2D eigenvalue weighted by molar-refractivity contribution is 0.262. The van der Waals surface area contributed by atoms with Gasteiger partial charge < -0.3 is 9.47 Å². The van der Waals surface area contributed by atoms with E-state index in [9.17, 15) is 8.42 Å². The Balaban J connectivity index is 1.91. The van der Waals surface area contributed by atoms with Crippen LogP contribution >= 0.6 is 15.9 Å². The van der Waals surface area contributed by atoms with Gasteiger partial charge in [0, 0.05) is 10.5 Å². The number of benzene rings is 2. The molecule has 4 nitrogen and oxygen atoms in total. The van der Waals surface area contributed by atoms with Gasteiger partial charge in [-0.05, 0) is 51.2 Å². The van der Waals surface area contributed by atoms with Gasteiger partial charge in [0.1, 0.15) is 18.5 Å². The zero-order chi connectivity index (χ0) is 18.2. The Morgan fingerprint density at radius 1 is 1.16 bits per heavy atom. The van der Waals surface area contributed by atoms with Crippen LogP contribution in [0.15, 0.2) is 56.7 Å². The van der Waals surface area contributed by atoms with E-state index in [0.717, 1.165) is 5.56 Å². The Morgan fingerprint density at radius 2 is 1.80 bits per heavy atom. The van der Waals surface area contributed by atoms with Gasteiger partial charge in [-0.3, -0.25) is 0 Å². The molecule has 1 saturated heterocycles. The number of epoxide rings is 1. The van der Waals surface area contributed by atoms with Crippen LogP contribution in [-0.4, -0.2) is 27.7 Å². The molecule has 1 unspecified atom stereocenters. The second kappa shape index (κ2) is 6.74. The number of rotatable bonds is 5. The molecule has 0 spiro atoms. The van der Waals surface area contributed by atoms with E-state index in [1.54, 1.807) is 30.3 Å². The first-order valence-electron chi connectivity index (χ1n) is 8.07. The fraction of sp³-hybridized carbons (Fsp3) is 0.368. The molecule has 0 N–H and O–H groups in total. The zero-order valence-corrected chi connectivity index (χ0v) is 16.9. The first-order valence-corrected chi connectivity index (χ1v) is 10.3. The predicted molar refractivity (Wildman–Crippen MR) is 100.0 cm³/mol. The van der Waals surface area contributed by atoms with Gasteiger partial charge in [0.05, 0.1) is 16.4 Å². The van der Waals surface area contributed by atoms with Gasteiger partial charge in [0.15, 0.2) is 0 Å². The van der Waals surface area contributed by atoms with Crippen LogP contribution in [-0.2, 0) is 20.0 Å². The Labute approximate surface area is 157 Å². The molecule has 1 heterocycles. The first kappa shape index (κ1) is 18.4. The lowest BCUT2D eigenvalue weighted by Crippen LogP contribution is -2.11. The van der Waals surface area contributed by atoms with Crippen LogP contribution in [0.2, 0.25) is 0 Å². The van der Waals surface area contributed by atoms with Crippen LogP contribution in [0.5, 0.6) is 5.75 Å². The largest absolute Gasteiger partial charge is 0.491 e. The Kier molecular flexibility index (Phi) is 4.97. The third-order valence-electron chi connectivity index (χ3n) is 4.06. The lowest BCUT2D eigenvalue weighted by atomic mass is 9.87. The summed E-state index contributed by atoms with van der Waals surface area (Å²) >= 11 is 3.34. The van der Waals surface area contributed by atoms with Gasteiger partial charge in [0.25, 0.3) is 0 Å². The molecule has 1 fully saturated rings. The van der Waals surface area contributed by atoms with Crippen LogP contribution in [0.25, 0.3) is 0 Å². The quantitative estimate of drug-likeness (QED) is 0.669. The van der Waals surface area contributed by atoms with Crippen molar-refractivity contribution in [2.75, 3.05) is 13.2 Å². The molecule has 134 valence electrons. The van der Waals surface area contributed by atoms with Crippen LogP contribution in [0.4, 0.5) is 0 Å². The number of hydrogen-bond acceptors (Lipinski definition) is 4. The highest BCUT2D eigenvalue weighted by Crippen LogP contribution is 2.32. The average Bonchev–Trinajstić information content (AvgIpc) is 3.37. The Bertz CT molecular complexity index is 863. The summed E-state index contributed by atoms with van der Waals surface area (Å²) in [7, 11) is -3.64. The summed E-state index contributed by atoms with van der Waals surface area (Å²) < 4.78 is 37.2. The highest BCUT2D eigenvalue weighted by Gasteiger charge is 2.25. The molecule has 25 heavy (non-hydrogen) atoms. The summed E-state index contributed by atoms with van der Waals surface area (Å²) in [5.41, 5.74) is 1.06. The first-order chi connectivity index (χ1) is 11.7. The number of ether oxygens (including phenoxy) is 2. The molecule has 3 rings (SSSR count). The standard InChI is InChI=1S/C19H21BrO4S/c1-19(2,3)13-4-7-16(8-5-13)25(21,22)18-10-14(6-9-17(18)20)23-11-15-12-24-15/h4-10,15H,11-12H2,1-3H3. The van der Waals surface area contributed by atoms with Crippen molar-refractivity contribution in [2.24, 2.45) is 0 Å². The van der Waals surface area contributed by atoms with E-state index in [0.29, 0.717) is 23.4 Å². The van der Waals surface area contributed by atoms with Crippen LogP contribution in [0.1, 0.15) is 26.3 Å². The van der Waals surface area contributed by atoms with Gasteiger partial charge in [0.2, 0.25) is 9.84 Å². The molecule has 1 atom stereocenters. The van der Waals surface area contributed by atoms with Crippen molar-refractivity contribution in [3.63, 3.8) is 0 Å². The Hall–Kier alpha value is -1.37. The van der Waals surface area contributed by atoms with Crippen molar-refractivity contribution in [1.82, 2.24) is 0 Å². The molecule has 1 aliphatic rings. The van der Waals surface area contributed by atoms with Gasteiger partial charge in [-0.1, -0.05) is 32.9 Å². The molecule has 0 bridgehead atoms. The fourth-order valence-corrected chi connectivity index (χ4v) is 4.62. The van der Waals surface area contributed by atoms with E-state index < -0.39 is 9.84 Å². The second-order valence-corrected chi connectivity index (χ2v) is 9.91. The molecule has 0 aromatic heterocycles. The summed E-state index contributed by atoms with van der Waals surface area (Å²) in [6.45, 7) is 7.41. The van der Waals surface area contributed by atoms with Gasteiger partial charge in [-0.15, -0.1) is 0 Å². The number of halogens is 1. The van der Waals surface area contributed by atoms with Crippen molar-refractivity contribution in [3.05, 3.63) is 52.5 Å². The van der Waals surface area contributed by atoms with E-state index in [1.807, 2.05) is 12.1 Å². The summed E-state index contributed by atoms with van der Waals surface area (Å²) in [6.07, 6.45) is 0.119. The SMILES string of the molecule is CC(C)(C)c1ccc(S(=O)(=O)c2cc(OCC3CO3)ccc2Br)cc1. The van der Waals surface area contributed by atoms with E-state index in [4.69, 9.17) is 9.47 Å². The number of hydrogen-bond donors (Lipinski definition) is 0. The van der Waals surface area contributed by atoms with E-state index >= 15 is 0 Å². The van der Waals surface area contributed by atoms with Crippen molar-refractivity contribution < 1.29 is 17.9 Å². The molecule has 0 saturated carbocycles. The van der Waals surface area contributed by atoms with Crippen molar-refractivity contribution in [3.8, 4) is 5.75 Å². The third kappa shape index (κ3) is 4.25. The Morgan fingerprint density at radius 3 is 2.36 bits per heavy atom. The second-order valence-electron chi connectivity index (χ2n) is 7.14. The smallest absolute Gasteiger partial charge is 0.207 e. The molecule has 0 amide bonds. The molecular formula is C19H21BrO4S. The van der Waals surface area contributed by atoms with Crippen LogP contribution in [0, 0.1) is 0 Å². The van der Waals surface area contributed by atoms with Crippen molar-refractivity contribution >= 4 is 25.8 Å². The topological polar surface area (TPSA) is 55.9 Å². The minimum Gasteiger partial charge on any atom is -0.491 e. The molecule has 6 heteroatoms. The van der Waals surface area contributed by atoms with Gasteiger partial charge >= 0.3 is 0 Å². The normalized spacial score (nSPS) is 17.4. The maximum atomic E-state index is 13.0. The lowest BCUT2D eigenvalue weighted by Gasteiger charge is -2.19. The molecular weight excluding hydrogens is 404 g/mol. The van der Waals surface area contributed by atoms with Crippen LogP contribution < -0.4 is 4.74 Å². The minimum atomic E-state index is -3.64. The molecule has 0 radical (unpaired) electrons. The number of sulfone groups is 1. The minimum absolute atomic E-state index is 0.0263. The highest BCUT2D eigenvalue weighted by molar-refractivity contribution is 9.10. The highest BCUT2D eigenvalue weighted by atomic mass is 79.9. The van der Waals surface area contributed by atoms with Crippen molar-refractivity contribution in [1.29, 1.82) is 0 Å². The maximum Gasteiger partial charge on any atom is 0.207 e. The fourth-order valence-electron chi connectivity index (χ4n) is 2.39. The molecule has 0 aliphatic carbocycles. The van der Waals surface area contributed by atoms with Gasteiger partial charge in [-0.25, -0.2) is 8.42 Å². The third-order valence-corrected chi connectivity index (χ3v) is 6.82. The summed E-state index contributed by atoms with van der Waals surface area (Å²) in [6, 6.07) is 12.0. The van der Waals surface area contributed by atoms with Crippen LogP contribution in [0.3, 0.4) is 0 Å².